The molecule has 2 aromatic carbocycles. The number of nitrogens with zero attached hydrogens (tertiary/aromatic N) is 1. The molecular weight excluding hydrogens is 446 g/mol. The molecular formula is C24H27NO5S2. The predicted molar refractivity (Wildman–Crippen MR) is 133 cm³/mol. The van der Waals surface area contributed by atoms with Gasteiger partial charge >= 0.3 is 0 Å². The van der Waals surface area contributed by atoms with Crippen LogP contribution in [-0.4, -0.2) is 38.2 Å². The van der Waals surface area contributed by atoms with Crippen molar-refractivity contribution in [1.29, 1.82) is 0 Å². The zero-order chi connectivity index (χ0) is 23.3. The summed E-state index contributed by atoms with van der Waals surface area (Å²) in [6, 6.07) is 10.9. The second kappa shape index (κ2) is 10.7. The molecule has 0 N–H and O–H groups in total. The number of thioether (sulfide) groups is 1. The summed E-state index contributed by atoms with van der Waals surface area (Å²) < 4.78 is 22.5. The molecule has 1 saturated heterocycles. The van der Waals surface area contributed by atoms with Gasteiger partial charge in [-0.2, -0.15) is 0 Å². The molecule has 1 amide bonds. The van der Waals surface area contributed by atoms with Crippen molar-refractivity contribution < 1.29 is 23.7 Å². The molecule has 0 saturated carbocycles. The van der Waals surface area contributed by atoms with E-state index in [1.807, 2.05) is 18.2 Å². The molecule has 1 aliphatic heterocycles. The lowest BCUT2D eigenvalue weighted by Gasteiger charge is -2.18. The van der Waals surface area contributed by atoms with Gasteiger partial charge < -0.3 is 18.9 Å². The molecule has 1 fully saturated rings. The second-order valence-corrected chi connectivity index (χ2v) is 9.17. The first-order valence-corrected chi connectivity index (χ1v) is 11.4. The molecule has 2 aromatic rings. The molecule has 6 nitrogen and oxygen atoms in total. The van der Waals surface area contributed by atoms with Crippen molar-refractivity contribution in [3.05, 3.63) is 46.9 Å². The van der Waals surface area contributed by atoms with Crippen LogP contribution < -0.4 is 23.8 Å². The van der Waals surface area contributed by atoms with Crippen LogP contribution in [0.15, 0.2) is 41.3 Å². The first-order valence-electron chi connectivity index (χ1n) is 10.2. The van der Waals surface area contributed by atoms with Gasteiger partial charge in [-0.25, -0.2) is 0 Å². The number of methoxy groups -OCH3 is 3. The number of carbonyl (C=O) groups excluding carboxylic acids is 1. The molecule has 170 valence electrons. The van der Waals surface area contributed by atoms with E-state index in [0.29, 0.717) is 50.4 Å². The van der Waals surface area contributed by atoms with Gasteiger partial charge in [-0.3, -0.25) is 9.69 Å². The normalized spacial score (nSPS) is 14.9. The number of amides is 1. The Morgan fingerprint density at radius 1 is 1.00 bits per heavy atom. The molecule has 1 aliphatic rings. The third-order valence-electron chi connectivity index (χ3n) is 4.86. The van der Waals surface area contributed by atoms with Crippen LogP contribution >= 0.6 is 24.0 Å². The van der Waals surface area contributed by atoms with E-state index in [2.05, 4.69) is 13.8 Å². The Kier molecular flexibility index (Phi) is 8.04. The molecule has 3 rings (SSSR count). The van der Waals surface area contributed by atoms with Crippen molar-refractivity contribution in [2.75, 3.05) is 32.8 Å². The molecule has 32 heavy (non-hydrogen) atoms. The fraction of sp³-hybridized carbons (Fsp3) is 0.333. The van der Waals surface area contributed by atoms with Gasteiger partial charge in [0.2, 0.25) is 0 Å². The molecule has 0 spiro atoms. The van der Waals surface area contributed by atoms with Gasteiger partial charge in [0.1, 0.15) is 11.5 Å². The summed E-state index contributed by atoms with van der Waals surface area (Å²) in [4.78, 5) is 15.2. The number of benzene rings is 2. The molecule has 0 radical (unpaired) electrons. The summed E-state index contributed by atoms with van der Waals surface area (Å²) in [6.45, 7) is 4.93. The van der Waals surface area contributed by atoms with E-state index in [0.717, 1.165) is 12.0 Å². The van der Waals surface area contributed by atoms with Crippen LogP contribution in [0.5, 0.6) is 23.0 Å². The number of hydrogen-bond donors (Lipinski definition) is 0. The average Bonchev–Trinajstić information content (AvgIpc) is 3.06. The Labute approximate surface area is 198 Å². The molecule has 0 unspecified atom stereocenters. The van der Waals surface area contributed by atoms with E-state index in [1.54, 1.807) is 45.6 Å². The lowest BCUT2D eigenvalue weighted by atomic mass is 10.1. The van der Waals surface area contributed by atoms with Crippen molar-refractivity contribution in [2.24, 2.45) is 5.92 Å². The summed E-state index contributed by atoms with van der Waals surface area (Å²) in [7, 11) is 4.72. The standard InChI is InChI=1S/C24H27NO5S2/c1-15(2)10-11-30-20-8-6-16(12-21(20)29-5)13-22-23(26)25(24(31)32-22)18-14-17(27-3)7-9-19(18)28-4/h6-9,12-15H,10-11H2,1-5H3. The van der Waals surface area contributed by atoms with Crippen LogP contribution in [0, 0.1) is 5.92 Å². The topological polar surface area (TPSA) is 57.2 Å². The van der Waals surface area contributed by atoms with E-state index >= 15 is 0 Å². The minimum atomic E-state index is -0.220. The van der Waals surface area contributed by atoms with E-state index in [1.165, 1.54) is 16.7 Å². The van der Waals surface area contributed by atoms with Gasteiger partial charge in [0.05, 0.1) is 38.5 Å². The maximum Gasteiger partial charge on any atom is 0.270 e. The Balaban J connectivity index is 1.86. The van der Waals surface area contributed by atoms with E-state index < -0.39 is 0 Å². The number of carbonyl (C=O) groups is 1. The van der Waals surface area contributed by atoms with E-state index in [9.17, 15) is 4.79 Å². The lowest BCUT2D eigenvalue weighted by Crippen LogP contribution is -2.28. The van der Waals surface area contributed by atoms with Gasteiger partial charge in [0, 0.05) is 6.07 Å². The second-order valence-electron chi connectivity index (χ2n) is 7.50. The monoisotopic (exact) mass is 473 g/mol. The van der Waals surface area contributed by atoms with Crippen molar-refractivity contribution in [3.8, 4) is 23.0 Å². The fourth-order valence-corrected chi connectivity index (χ4v) is 4.38. The third-order valence-corrected chi connectivity index (χ3v) is 6.16. The van der Waals surface area contributed by atoms with E-state index in [4.69, 9.17) is 31.2 Å². The molecule has 8 heteroatoms. The van der Waals surface area contributed by atoms with Crippen LogP contribution in [0.1, 0.15) is 25.8 Å². The highest BCUT2D eigenvalue weighted by atomic mass is 32.2. The maximum absolute atomic E-state index is 13.2. The summed E-state index contributed by atoms with van der Waals surface area (Å²) >= 11 is 6.74. The molecule has 0 aliphatic carbocycles. The van der Waals surface area contributed by atoms with Crippen LogP contribution in [-0.2, 0) is 4.79 Å². The van der Waals surface area contributed by atoms with Gasteiger partial charge in [-0.05, 0) is 48.2 Å². The zero-order valence-electron chi connectivity index (χ0n) is 18.8. The van der Waals surface area contributed by atoms with Crippen molar-refractivity contribution in [2.45, 2.75) is 20.3 Å². The average molecular weight is 474 g/mol. The summed E-state index contributed by atoms with van der Waals surface area (Å²) in [5, 5.41) is 0. The Morgan fingerprint density at radius 3 is 2.38 bits per heavy atom. The lowest BCUT2D eigenvalue weighted by molar-refractivity contribution is -0.113. The fourth-order valence-electron chi connectivity index (χ4n) is 3.10. The van der Waals surface area contributed by atoms with Crippen LogP contribution in [0.2, 0.25) is 0 Å². The van der Waals surface area contributed by atoms with Crippen LogP contribution in [0.3, 0.4) is 0 Å². The van der Waals surface area contributed by atoms with Crippen LogP contribution in [0.25, 0.3) is 6.08 Å². The highest BCUT2D eigenvalue weighted by molar-refractivity contribution is 8.27. The summed E-state index contributed by atoms with van der Waals surface area (Å²) in [5.74, 6) is 2.78. The first-order chi connectivity index (χ1) is 15.4. The Bertz CT molecular complexity index is 1040. The zero-order valence-corrected chi connectivity index (χ0v) is 20.5. The predicted octanol–water partition coefficient (Wildman–Crippen LogP) is 5.54. The van der Waals surface area contributed by atoms with Crippen LogP contribution in [0.4, 0.5) is 5.69 Å². The first kappa shape index (κ1) is 23.9. The number of hydrogen-bond acceptors (Lipinski definition) is 7. The summed E-state index contributed by atoms with van der Waals surface area (Å²) in [6.07, 6.45) is 2.76. The van der Waals surface area contributed by atoms with Crippen molar-refractivity contribution in [3.63, 3.8) is 0 Å². The highest BCUT2D eigenvalue weighted by Gasteiger charge is 2.35. The van der Waals surface area contributed by atoms with Gasteiger partial charge in [-0.1, -0.05) is 43.9 Å². The smallest absolute Gasteiger partial charge is 0.270 e. The summed E-state index contributed by atoms with van der Waals surface area (Å²) in [5.41, 5.74) is 1.36. The van der Waals surface area contributed by atoms with Crippen molar-refractivity contribution >= 4 is 46.0 Å². The molecule has 1 heterocycles. The number of anilines is 1. The largest absolute Gasteiger partial charge is 0.497 e. The molecule has 0 aromatic heterocycles. The minimum absolute atomic E-state index is 0.220. The van der Waals surface area contributed by atoms with Crippen molar-refractivity contribution in [1.82, 2.24) is 0 Å². The SMILES string of the molecule is COc1ccc(OC)c(N2C(=O)C(=Cc3ccc(OCCC(C)C)c(OC)c3)SC2=S)c1. The number of thiocarbonyl (C=S) groups is 1. The number of ether oxygens (including phenoxy) is 4. The van der Waals surface area contributed by atoms with E-state index in [-0.39, 0.29) is 5.91 Å². The highest BCUT2D eigenvalue weighted by Crippen LogP contribution is 2.41. The van der Waals surface area contributed by atoms with Gasteiger partial charge in [-0.15, -0.1) is 0 Å². The molecule has 0 bridgehead atoms. The van der Waals surface area contributed by atoms with Gasteiger partial charge in [0.25, 0.3) is 5.91 Å². The Morgan fingerprint density at radius 2 is 1.72 bits per heavy atom. The third kappa shape index (κ3) is 5.37. The maximum atomic E-state index is 13.2. The minimum Gasteiger partial charge on any atom is -0.497 e. The Hall–Kier alpha value is -2.71. The number of rotatable bonds is 9. The molecule has 0 atom stereocenters. The van der Waals surface area contributed by atoms with Gasteiger partial charge in [0.15, 0.2) is 15.8 Å². The quantitative estimate of drug-likeness (QED) is 0.350.